The smallest absolute Gasteiger partial charge is 0.432 e. The van der Waals surface area contributed by atoms with E-state index in [9.17, 15) is 58.3 Å². The van der Waals surface area contributed by atoms with Gasteiger partial charge in [-0.1, -0.05) is 6.07 Å². The van der Waals surface area contributed by atoms with Crippen LogP contribution >= 0.6 is 22.6 Å². The summed E-state index contributed by atoms with van der Waals surface area (Å²) in [6.07, 6.45) is -12.6. The fraction of sp³-hybridized carbons (Fsp3) is 0.238. The fourth-order valence-corrected chi connectivity index (χ4v) is 4.14. The lowest BCUT2D eigenvalue weighted by atomic mass is 9.87. The number of hydrogen-bond acceptors (Lipinski definition) is 4. The summed E-state index contributed by atoms with van der Waals surface area (Å²) < 4.78 is 150. The first-order chi connectivity index (χ1) is 17.3. The Labute approximate surface area is 217 Å². The number of carbonyl (C=O) groups excluding carboxylic acids is 1. The molecule has 5 nitrogen and oxygen atoms in total. The van der Waals surface area contributed by atoms with E-state index in [-0.39, 0.29) is 11.6 Å². The van der Waals surface area contributed by atoms with E-state index in [0.717, 1.165) is 28.7 Å². The molecule has 0 aliphatic rings. The third-order valence-electron chi connectivity index (χ3n) is 5.08. The van der Waals surface area contributed by atoms with E-state index in [1.807, 2.05) is 0 Å². The van der Waals surface area contributed by atoms with Crippen molar-refractivity contribution in [2.75, 3.05) is 5.06 Å². The number of benzene rings is 2. The number of halogens is 12. The van der Waals surface area contributed by atoms with Crippen LogP contribution in [0.5, 0.6) is 5.75 Å². The van der Waals surface area contributed by atoms with Gasteiger partial charge < -0.3 is 4.74 Å². The zero-order valence-corrected chi connectivity index (χ0v) is 20.0. The quantitative estimate of drug-likeness (QED) is 0.128. The van der Waals surface area contributed by atoms with Crippen molar-refractivity contribution in [2.45, 2.75) is 30.6 Å². The van der Waals surface area contributed by atoms with Gasteiger partial charge in [0, 0.05) is 26.3 Å². The molecule has 1 atom stereocenters. The molecular weight excluding hydrogens is 664 g/mol. The van der Waals surface area contributed by atoms with Crippen molar-refractivity contribution in [1.82, 2.24) is 4.98 Å². The topological polar surface area (TPSA) is 62.7 Å². The first-order valence-electron chi connectivity index (χ1n) is 9.70. The third kappa shape index (κ3) is 5.04. The molecule has 3 aromatic rings. The van der Waals surface area contributed by atoms with Crippen LogP contribution in [0.25, 0.3) is 10.9 Å². The first kappa shape index (κ1) is 29.6. The Morgan fingerprint density at radius 1 is 0.947 bits per heavy atom. The number of nitrogens with zero attached hydrogens (tertiary/aromatic N) is 2. The molecule has 0 aliphatic carbocycles. The molecular formula is C21H10F11IN2O3. The van der Waals surface area contributed by atoms with Gasteiger partial charge in [0.1, 0.15) is 5.69 Å². The Balaban J connectivity index is 2.21. The van der Waals surface area contributed by atoms with E-state index < -0.39 is 68.2 Å². The molecule has 0 aliphatic heterocycles. The van der Waals surface area contributed by atoms with E-state index in [4.69, 9.17) is 0 Å². The Bertz CT molecular complexity index is 1360. The van der Waals surface area contributed by atoms with Gasteiger partial charge in [-0.25, -0.2) is 4.39 Å². The highest BCUT2D eigenvalue weighted by molar-refractivity contribution is 14.1. The minimum absolute atomic E-state index is 0.220. The molecule has 0 saturated heterocycles. The summed E-state index contributed by atoms with van der Waals surface area (Å²) in [4.78, 5) is 16.8. The standard InChI is InChI=1S/C21H10F11IN2O3/c22-17(23)38-14-8-11(18(24,20(27,28)29)19(25,26)21(30,31)32)7-12(33)15(14)35(37)16(36)10-3-4-13-9(6-10)2-1-5-34-13/h1-8,17,37H. The van der Waals surface area contributed by atoms with E-state index >= 15 is 0 Å². The second-order valence-electron chi connectivity index (χ2n) is 7.44. The van der Waals surface area contributed by atoms with Crippen LogP contribution in [0.1, 0.15) is 15.9 Å². The molecule has 0 bridgehead atoms. The molecule has 38 heavy (non-hydrogen) atoms. The molecule has 0 spiro atoms. The summed E-state index contributed by atoms with van der Waals surface area (Å²) in [7, 11) is 0. The minimum Gasteiger partial charge on any atom is -0.432 e. The maximum atomic E-state index is 14.9. The zero-order chi connectivity index (χ0) is 28.8. The number of ether oxygens (including phenoxy) is 1. The Hall–Kier alpha value is -2.96. The lowest BCUT2D eigenvalue weighted by Gasteiger charge is -2.36. The van der Waals surface area contributed by atoms with Crippen LogP contribution in [-0.2, 0) is 5.67 Å². The minimum atomic E-state index is -7.10. The van der Waals surface area contributed by atoms with Crippen molar-refractivity contribution < 1.29 is 63.0 Å². The Kier molecular flexibility index (Phi) is 7.77. The third-order valence-corrected chi connectivity index (χ3v) is 5.90. The maximum absolute atomic E-state index is 14.9. The molecule has 1 unspecified atom stereocenters. The summed E-state index contributed by atoms with van der Waals surface area (Å²) in [6.45, 7) is -3.96. The van der Waals surface area contributed by atoms with Gasteiger partial charge in [0.15, 0.2) is 5.75 Å². The van der Waals surface area contributed by atoms with E-state index in [0.29, 0.717) is 10.9 Å². The normalized spacial score (nSPS) is 14.5. The summed E-state index contributed by atoms with van der Waals surface area (Å²) in [5.41, 5.74) is -10.1. The molecule has 0 saturated carbocycles. The summed E-state index contributed by atoms with van der Waals surface area (Å²) in [6, 6.07) is 5.80. The van der Waals surface area contributed by atoms with Gasteiger partial charge in [0.25, 0.3) is 5.91 Å². The average Bonchev–Trinajstić information content (AvgIpc) is 2.80. The monoisotopic (exact) mass is 674 g/mol. The SMILES string of the molecule is O=C(c1ccc2ncccc2c1)N(O)c1c(I)cc(C(F)(C(F)(F)F)C(F)(F)C(F)(F)F)cc1OC(F)F. The van der Waals surface area contributed by atoms with Gasteiger partial charge in [0.05, 0.1) is 5.52 Å². The molecule has 2 aromatic carbocycles. The van der Waals surface area contributed by atoms with Gasteiger partial charge in [-0.15, -0.1) is 0 Å². The van der Waals surface area contributed by atoms with Crippen molar-refractivity contribution in [3.63, 3.8) is 0 Å². The highest BCUT2D eigenvalue weighted by Gasteiger charge is 2.81. The molecule has 17 heteroatoms. The van der Waals surface area contributed by atoms with Crippen LogP contribution in [-0.4, -0.2) is 41.0 Å². The highest BCUT2D eigenvalue weighted by atomic mass is 127. The molecule has 1 aromatic heterocycles. The van der Waals surface area contributed by atoms with Crippen LogP contribution in [0.15, 0.2) is 48.7 Å². The number of alkyl halides is 11. The van der Waals surface area contributed by atoms with Crippen molar-refractivity contribution >= 4 is 45.1 Å². The molecule has 1 amide bonds. The highest BCUT2D eigenvalue weighted by Crippen LogP contribution is 2.59. The second-order valence-corrected chi connectivity index (χ2v) is 8.60. The lowest BCUT2D eigenvalue weighted by molar-refractivity contribution is -0.389. The molecule has 3 rings (SSSR count). The van der Waals surface area contributed by atoms with Crippen molar-refractivity contribution in [3.05, 3.63) is 63.4 Å². The van der Waals surface area contributed by atoms with Gasteiger partial charge in [-0.2, -0.15) is 49.0 Å². The summed E-state index contributed by atoms with van der Waals surface area (Å²) >= 11 is 0.909. The van der Waals surface area contributed by atoms with E-state index in [2.05, 4.69) is 9.72 Å². The zero-order valence-electron chi connectivity index (χ0n) is 17.9. The number of hydrogen-bond donors (Lipinski definition) is 1. The van der Waals surface area contributed by atoms with Crippen LogP contribution in [0.3, 0.4) is 0 Å². The predicted molar refractivity (Wildman–Crippen MR) is 116 cm³/mol. The molecule has 0 fully saturated rings. The van der Waals surface area contributed by atoms with Crippen LogP contribution < -0.4 is 9.80 Å². The van der Waals surface area contributed by atoms with Crippen LogP contribution in [0.2, 0.25) is 0 Å². The number of hydroxylamine groups is 1. The van der Waals surface area contributed by atoms with E-state index in [1.54, 1.807) is 0 Å². The number of aromatic nitrogens is 1. The van der Waals surface area contributed by atoms with Gasteiger partial charge >= 0.3 is 30.6 Å². The maximum Gasteiger partial charge on any atom is 0.457 e. The summed E-state index contributed by atoms with van der Waals surface area (Å²) in [5.74, 6) is -10.2. The van der Waals surface area contributed by atoms with Gasteiger partial charge in [-0.3, -0.25) is 15.0 Å². The summed E-state index contributed by atoms with van der Waals surface area (Å²) in [5, 5.41) is 10.4. The molecule has 0 radical (unpaired) electrons. The van der Waals surface area contributed by atoms with Gasteiger partial charge in [-0.05, 0) is 59.0 Å². The number of pyridine rings is 1. The number of fused-ring (bicyclic) bond motifs is 1. The van der Waals surface area contributed by atoms with Crippen molar-refractivity contribution in [1.29, 1.82) is 0 Å². The van der Waals surface area contributed by atoms with Crippen LogP contribution in [0.4, 0.5) is 54.0 Å². The number of anilines is 1. The lowest BCUT2D eigenvalue weighted by Crippen LogP contribution is -2.59. The Morgan fingerprint density at radius 3 is 2.13 bits per heavy atom. The average molecular weight is 674 g/mol. The second kappa shape index (κ2) is 9.97. The fourth-order valence-electron chi connectivity index (χ4n) is 3.31. The van der Waals surface area contributed by atoms with Crippen LogP contribution in [0, 0.1) is 3.57 Å². The number of carbonyl (C=O) groups is 1. The Morgan fingerprint density at radius 2 is 1.58 bits per heavy atom. The first-order valence-corrected chi connectivity index (χ1v) is 10.8. The molecule has 1 heterocycles. The van der Waals surface area contributed by atoms with Crippen molar-refractivity contribution in [2.24, 2.45) is 0 Å². The predicted octanol–water partition coefficient (Wildman–Crippen LogP) is 7.40. The number of amides is 1. The van der Waals surface area contributed by atoms with Crippen molar-refractivity contribution in [3.8, 4) is 5.75 Å². The molecule has 206 valence electrons. The largest absolute Gasteiger partial charge is 0.457 e. The van der Waals surface area contributed by atoms with Gasteiger partial charge in [0.2, 0.25) is 0 Å². The number of rotatable bonds is 6. The molecule has 1 N–H and O–H groups in total. The van der Waals surface area contributed by atoms with E-state index in [1.165, 1.54) is 30.5 Å².